The number of para-hydroxylation sites is 1. The predicted octanol–water partition coefficient (Wildman–Crippen LogP) is 2.71. The summed E-state index contributed by atoms with van der Waals surface area (Å²) in [6.07, 6.45) is 3.44. The molecule has 1 aliphatic rings. The Morgan fingerprint density at radius 2 is 1.84 bits per heavy atom. The first-order chi connectivity index (χ1) is 15.2. The lowest BCUT2D eigenvalue weighted by Crippen LogP contribution is -2.23. The Bertz CT molecular complexity index is 1530. The lowest BCUT2D eigenvalue weighted by Gasteiger charge is -2.05. The van der Waals surface area contributed by atoms with Crippen molar-refractivity contribution in [2.24, 2.45) is 0 Å². The highest BCUT2D eigenvalue weighted by molar-refractivity contribution is 6.10. The summed E-state index contributed by atoms with van der Waals surface area (Å²) >= 11 is 0. The molecule has 2 aromatic carbocycles. The molecule has 0 atom stereocenters. The molecule has 0 saturated heterocycles. The average Bonchev–Trinajstić information content (AvgIpc) is 3.52. The van der Waals surface area contributed by atoms with Crippen LogP contribution in [0.4, 0.5) is 5.82 Å². The molecule has 3 aromatic heterocycles. The third-order valence-electron chi connectivity index (χ3n) is 5.74. The molecule has 31 heavy (non-hydrogen) atoms. The minimum atomic E-state index is -0.381. The van der Waals surface area contributed by atoms with Crippen LogP contribution in [0.5, 0.6) is 0 Å². The lowest BCUT2D eigenvalue weighted by molar-refractivity contribution is 0.0951. The molecule has 8 nitrogen and oxygen atoms in total. The average molecular weight is 410 g/mol. The van der Waals surface area contributed by atoms with Crippen LogP contribution in [0.2, 0.25) is 0 Å². The van der Waals surface area contributed by atoms with Crippen LogP contribution < -0.4 is 11.0 Å². The molecular formula is C23H18N6O2. The van der Waals surface area contributed by atoms with E-state index in [0.717, 1.165) is 16.5 Å². The number of hydrogen-bond donors (Lipinski definition) is 1. The maximum absolute atomic E-state index is 13.5. The van der Waals surface area contributed by atoms with E-state index in [1.54, 1.807) is 10.8 Å². The molecule has 1 N–H and O–H groups in total. The molecule has 0 spiro atoms. The molecule has 5 aromatic rings. The van der Waals surface area contributed by atoms with Gasteiger partial charge in [-0.3, -0.25) is 9.36 Å². The highest BCUT2D eigenvalue weighted by Gasteiger charge is 2.24. The van der Waals surface area contributed by atoms with Crippen LogP contribution in [0.25, 0.3) is 21.9 Å². The number of nitrogens with zero attached hydrogens (tertiary/aromatic N) is 5. The van der Waals surface area contributed by atoms with Crippen LogP contribution in [0, 0.1) is 0 Å². The molecule has 0 bridgehead atoms. The molecule has 0 fully saturated rings. The van der Waals surface area contributed by atoms with Gasteiger partial charge in [-0.05, 0) is 11.6 Å². The summed E-state index contributed by atoms with van der Waals surface area (Å²) in [6.45, 7) is 1.86. The summed E-state index contributed by atoms with van der Waals surface area (Å²) in [4.78, 5) is 30.1. The summed E-state index contributed by atoms with van der Waals surface area (Å²) in [5, 5.41) is 8.99. The fourth-order valence-corrected chi connectivity index (χ4v) is 4.28. The van der Waals surface area contributed by atoms with E-state index in [4.69, 9.17) is 0 Å². The smallest absolute Gasteiger partial charge is 0.351 e. The van der Waals surface area contributed by atoms with Gasteiger partial charge in [0.2, 0.25) is 0 Å². The number of rotatable bonds is 3. The van der Waals surface area contributed by atoms with Gasteiger partial charge in [0.1, 0.15) is 5.82 Å². The molecule has 0 saturated carbocycles. The topological polar surface area (TPSA) is 86.7 Å². The van der Waals surface area contributed by atoms with Crippen molar-refractivity contribution >= 4 is 33.7 Å². The second-order valence-electron chi connectivity index (χ2n) is 7.59. The van der Waals surface area contributed by atoms with Gasteiger partial charge in [-0.2, -0.15) is 14.8 Å². The highest BCUT2D eigenvalue weighted by Crippen LogP contribution is 2.26. The van der Waals surface area contributed by atoms with Gasteiger partial charge in [0.15, 0.2) is 5.65 Å². The number of nitrogens with one attached hydrogen (secondary N) is 1. The molecule has 0 unspecified atom stereocenters. The second kappa shape index (κ2) is 6.66. The summed E-state index contributed by atoms with van der Waals surface area (Å²) in [5.74, 6) is 0.355. The molecule has 152 valence electrons. The zero-order chi connectivity index (χ0) is 20.9. The molecule has 6 rings (SSSR count). The van der Waals surface area contributed by atoms with E-state index >= 15 is 0 Å². The van der Waals surface area contributed by atoms with Gasteiger partial charge in [-0.15, -0.1) is 0 Å². The van der Waals surface area contributed by atoms with Crippen molar-refractivity contribution in [2.45, 2.75) is 13.1 Å². The molecule has 0 aliphatic carbocycles. The lowest BCUT2D eigenvalue weighted by atomic mass is 10.1. The number of aromatic nitrogens is 5. The van der Waals surface area contributed by atoms with Crippen molar-refractivity contribution in [2.75, 3.05) is 11.9 Å². The Labute approximate surface area is 176 Å². The Morgan fingerprint density at radius 3 is 2.71 bits per heavy atom. The van der Waals surface area contributed by atoms with Gasteiger partial charge in [0.05, 0.1) is 17.1 Å². The predicted molar refractivity (Wildman–Crippen MR) is 117 cm³/mol. The Balaban J connectivity index is 1.49. The first-order valence-electron chi connectivity index (χ1n) is 10.1. The zero-order valence-corrected chi connectivity index (χ0v) is 16.5. The zero-order valence-electron chi connectivity index (χ0n) is 16.5. The van der Waals surface area contributed by atoms with Crippen molar-refractivity contribution in [3.8, 4) is 0 Å². The normalized spacial score (nSPS) is 12.9. The van der Waals surface area contributed by atoms with Crippen molar-refractivity contribution in [3.05, 3.63) is 88.6 Å². The molecular weight excluding hydrogens is 392 g/mol. The van der Waals surface area contributed by atoms with E-state index in [2.05, 4.69) is 32.1 Å². The number of benzene rings is 2. The number of carbonyl (C=O) groups excluding carboxylic acids is 1. The van der Waals surface area contributed by atoms with E-state index in [1.807, 2.05) is 48.7 Å². The number of hydrogen-bond acceptors (Lipinski definition) is 5. The standard InChI is InChI=1S/C23H18N6O2/c30-22(29-21-17(12-25-29)20-24-10-11-28(20)23(31)26-21)18-14-27(13-15-6-2-1-3-7-15)19-9-5-4-8-16(18)19/h1-9,12,14,24H,10-11,13H2. The first kappa shape index (κ1) is 17.6. The summed E-state index contributed by atoms with van der Waals surface area (Å²) in [5.41, 5.74) is 2.51. The first-order valence-corrected chi connectivity index (χ1v) is 10.1. The van der Waals surface area contributed by atoms with Gasteiger partial charge in [0, 0.05) is 36.7 Å². The second-order valence-corrected chi connectivity index (χ2v) is 7.59. The van der Waals surface area contributed by atoms with E-state index in [9.17, 15) is 9.59 Å². The quantitative estimate of drug-likeness (QED) is 0.494. The van der Waals surface area contributed by atoms with Crippen LogP contribution in [0.1, 0.15) is 15.9 Å². The van der Waals surface area contributed by atoms with Crippen molar-refractivity contribution in [1.29, 1.82) is 0 Å². The number of carbonyl (C=O) groups is 1. The largest absolute Gasteiger partial charge is 0.369 e. The molecule has 0 radical (unpaired) electrons. The van der Waals surface area contributed by atoms with Crippen LogP contribution >= 0.6 is 0 Å². The summed E-state index contributed by atoms with van der Waals surface area (Å²) in [7, 11) is 0. The molecule has 1 aliphatic heterocycles. The summed E-state index contributed by atoms with van der Waals surface area (Å²) in [6, 6.07) is 17.9. The fourth-order valence-electron chi connectivity index (χ4n) is 4.28. The van der Waals surface area contributed by atoms with Crippen LogP contribution in [-0.2, 0) is 13.1 Å². The van der Waals surface area contributed by atoms with Crippen molar-refractivity contribution in [3.63, 3.8) is 0 Å². The maximum atomic E-state index is 13.5. The number of anilines is 1. The Hall–Kier alpha value is -4.20. The minimum absolute atomic E-state index is 0.274. The van der Waals surface area contributed by atoms with Crippen molar-refractivity contribution < 1.29 is 4.79 Å². The SMILES string of the molecule is O=C(c1cn(Cc2ccccc2)c2ccccc12)n1ncc2c3n(c(=O)nc21)CCN3. The van der Waals surface area contributed by atoms with Crippen LogP contribution in [0.3, 0.4) is 0 Å². The van der Waals surface area contributed by atoms with Gasteiger partial charge in [-0.1, -0.05) is 48.5 Å². The summed E-state index contributed by atoms with van der Waals surface area (Å²) < 4.78 is 4.86. The van der Waals surface area contributed by atoms with E-state index in [0.29, 0.717) is 36.4 Å². The van der Waals surface area contributed by atoms with Gasteiger partial charge >= 0.3 is 5.69 Å². The third-order valence-corrected chi connectivity index (χ3v) is 5.74. The maximum Gasteiger partial charge on any atom is 0.351 e. The van der Waals surface area contributed by atoms with Gasteiger partial charge in [-0.25, -0.2) is 4.79 Å². The fraction of sp³-hybridized carbons (Fsp3) is 0.130. The van der Waals surface area contributed by atoms with E-state index in [1.165, 1.54) is 4.68 Å². The molecule has 8 heteroatoms. The third kappa shape index (κ3) is 2.68. The molecule has 4 heterocycles. The molecule has 0 amide bonds. The highest BCUT2D eigenvalue weighted by atomic mass is 16.2. The van der Waals surface area contributed by atoms with E-state index < -0.39 is 0 Å². The van der Waals surface area contributed by atoms with E-state index in [-0.39, 0.29) is 17.2 Å². The Kier molecular flexibility index (Phi) is 3.79. The minimum Gasteiger partial charge on any atom is -0.369 e. The van der Waals surface area contributed by atoms with Gasteiger partial charge < -0.3 is 9.88 Å². The Morgan fingerprint density at radius 1 is 1.03 bits per heavy atom. The van der Waals surface area contributed by atoms with Crippen LogP contribution in [0.15, 0.2) is 71.8 Å². The number of fused-ring (bicyclic) bond motifs is 4. The monoisotopic (exact) mass is 410 g/mol. The van der Waals surface area contributed by atoms with Crippen molar-refractivity contribution in [1.82, 2.24) is 23.9 Å². The van der Waals surface area contributed by atoms with Gasteiger partial charge in [0.25, 0.3) is 5.91 Å². The van der Waals surface area contributed by atoms with Crippen LogP contribution in [-0.4, -0.2) is 36.4 Å².